The zero-order chi connectivity index (χ0) is 19.1. The Morgan fingerprint density at radius 3 is 2.89 bits per heavy atom. The van der Waals surface area contributed by atoms with Crippen molar-refractivity contribution in [3.05, 3.63) is 64.0 Å². The van der Waals surface area contributed by atoms with Crippen LogP contribution < -0.4 is 11.0 Å². The van der Waals surface area contributed by atoms with E-state index in [1.165, 1.54) is 4.68 Å². The van der Waals surface area contributed by atoms with Gasteiger partial charge in [-0.3, -0.25) is 9.36 Å². The van der Waals surface area contributed by atoms with Gasteiger partial charge in [0.15, 0.2) is 5.82 Å². The number of carbonyl (C=O) groups is 1. The van der Waals surface area contributed by atoms with Crippen molar-refractivity contribution >= 4 is 28.1 Å². The standard InChI is InChI=1S/C20H19N5O2S/c26-19(15-12-22-16-5-2-1-4-14(15)16)21-9-10-24-20(27)25(13-7-8-13)18(23-24)17-6-3-11-28-17/h1-6,11-13,22H,7-10H2,(H,21,26). The number of amides is 1. The molecule has 0 atom stereocenters. The minimum Gasteiger partial charge on any atom is -0.360 e. The molecular weight excluding hydrogens is 374 g/mol. The lowest BCUT2D eigenvalue weighted by atomic mass is 10.1. The molecule has 3 heterocycles. The van der Waals surface area contributed by atoms with Crippen LogP contribution in [0.15, 0.2) is 52.8 Å². The molecule has 1 fully saturated rings. The lowest BCUT2D eigenvalue weighted by molar-refractivity contribution is 0.0953. The predicted octanol–water partition coefficient (Wildman–Crippen LogP) is 3.02. The number of aromatic amines is 1. The van der Waals surface area contributed by atoms with Crippen molar-refractivity contribution in [3.63, 3.8) is 0 Å². The molecule has 1 amide bonds. The van der Waals surface area contributed by atoms with Crippen molar-refractivity contribution < 1.29 is 4.79 Å². The third kappa shape index (κ3) is 2.95. The molecular formula is C20H19N5O2S. The molecule has 1 aliphatic carbocycles. The second-order valence-electron chi connectivity index (χ2n) is 6.91. The fourth-order valence-corrected chi connectivity index (χ4v) is 4.14. The Morgan fingerprint density at radius 2 is 2.11 bits per heavy atom. The number of nitrogens with one attached hydrogen (secondary N) is 2. The van der Waals surface area contributed by atoms with Crippen LogP contribution in [0.3, 0.4) is 0 Å². The Kier molecular flexibility index (Phi) is 4.12. The van der Waals surface area contributed by atoms with Crippen molar-refractivity contribution in [2.24, 2.45) is 0 Å². The fraction of sp³-hybridized carbons (Fsp3) is 0.250. The van der Waals surface area contributed by atoms with Gasteiger partial charge in [-0.05, 0) is 30.4 Å². The molecule has 28 heavy (non-hydrogen) atoms. The number of rotatable bonds is 6. The van der Waals surface area contributed by atoms with Gasteiger partial charge in [-0.1, -0.05) is 24.3 Å². The van der Waals surface area contributed by atoms with E-state index in [1.54, 1.807) is 22.1 Å². The first-order valence-corrected chi connectivity index (χ1v) is 10.2. The third-order valence-corrected chi connectivity index (χ3v) is 5.83. The predicted molar refractivity (Wildman–Crippen MR) is 109 cm³/mol. The molecule has 4 aromatic rings. The molecule has 0 radical (unpaired) electrons. The summed E-state index contributed by atoms with van der Waals surface area (Å²) in [5.41, 5.74) is 1.42. The van der Waals surface area contributed by atoms with Crippen LogP contribution in [-0.2, 0) is 6.54 Å². The van der Waals surface area contributed by atoms with Gasteiger partial charge in [0.1, 0.15) is 0 Å². The minimum absolute atomic E-state index is 0.104. The smallest absolute Gasteiger partial charge is 0.346 e. The van der Waals surface area contributed by atoms with E-state index in [9.17, 15) is 9.59 Å². The van der Waals surface area contributed by atoms with Gasteiger partial charge >= 0.3 is 5.69 Å². The van der Waals surface area contributed by atoms with Crippen molar-refractivity contribution in [3.8, 4) is 10.7 Å². The summed E-state index contributed by atoms with van der Waals surface area (Å²) in [7, 11) is 0. The first kappa shape index (κ1) is 17.0. The minimum atomic E-state index is -0.161. The van der Waals surface area contributed by atoms with Crippen molar-refractivity contribution in [2.75, 3.05) is 6.54 Å². The Bertz CT molecular complexity index is 1200. The molecule has 1 saturated carbocycles. The maximum atomic E-state index is 12.8. The second kappa shape index (κ2) is 6.79. The molecule has 8 heteroatoms. The molecule has 2 N–H and O–H groups in total. The van der Waals surface area contributed by atoms with Crippen LogP contribution in [0.25, 0.3) is 21.6 Å². The summed E-state index contributed by atoms with van der Waals surface area (Å²) < 4.78 is 3.26. The number of hydrogen-bond donors (Lipinski definition) is 2. The number of hydrogen-bond acceptors (Lipinski definition) is 4. The van der Waals surface area contributed by atoms with E-state index in [0.29, 0.717) is 18.7 Å². The number of carbonyl (C=O) groups excluding carboxylic acids is 1. The molecule has 0 bridgehead atoms. The molecule has 3 aromatic heterocycles. The van der Waals surface area contributed by atoms with Crippen molar-refractivity contribution in [1.29, 1.82) is 0 Å². The highest BCUT2D eigenvalue weighted by atomic mass is 32.1. The topological polar surface area (TPSA) is 84.7 Å². The van der Waals surface area contributed by atoms with Gasteiger partial charge in [0.05, 0.1) is 17.0 Å². The molecule has 1 aliphatic rings. The van der Waals surface area contributed by atoms with Crippen LogP contribution in [0.1, 0.15) is 29.2 Å². The van der Waals surface area contributed by atoms with Gasteiger partial charge in [0, 0.05) is 29.7 Å². The molecule has 7 nitrogen and oxygen atoms in total. The number of para-hydroxylation sites is 1. The van der Waals surface area contributed by atoms with Crippen LogP contribution in [0, 0.1) is 0 Å². The number of thiophene rings is 1. The highest BCUT2D eigenvalue weighted by Crippen LogP contribution is 2.37. The Morgan fingerprint density at radius 1 is 1.25 bits per heavy atom. The summed E-state index contributed by atoms with van der Waals surface area (Å²) >= 11 is 1.58. The molecule has 0 spiro atoms. The van der Waals surface area contributed by atoms with E-state index in [1.807, 2.05) is 41.8 Å². The summed E-state index contributed by atoms with van der Waals surface area (Å²) in [6.07, 6.45) is 3.74. The third-order valence-electron chi connectivity index (χ3n) is 4.97. The largest absolute Gasteiger partial charge is 0.360 e. The normalized spacial score (nSPS) is 13.9. The molecule has 1 aromatic carbocycles. The van der Waals surface area contributed by atoms with E-state index in [2.05, 4.69) is 15.4 Å². The monoisotopic (exact) mass is 393 g/mol. The van der Waals surface area contributed by atoms with Crippen molar-refractivity contribution in [1.82, 2.24) is 24.6 Å². The molecule has 0 unspecified atom stereocenters. The van der Waals surface area contributed by atoms with Gasteiger partial charge in [0.2, 0.25) is 0 Å². The number of nitrogens with zero attached hydrogens (tertiary/aromatic N) is 3. The van der Waals surface area contributed by atoms with Gasteiger partial charge < -0.3 is 10.3 Å². The lowest BCUT2D eigenvalue weighted by Crippen LogP contribution is -2.32. The average molecular weight is 393 g/mol. The van der Waals surface area contributed by atoms with Crippen molar-refractivity contribution in [2.45, 2.75) is 25.4 Å². The zero-order valence-corrected chi connectivity index (χ0v) is 15.9. The Balaban J connectivity index is 1.33. The molecule has 0 aliphatic heterocycles. The number of benzene rings is 1. The molecule has 142 valence electrons. The van der Waals surface area contributed by atoms with Crippen LogP contribution >= 0.6 is 11.3 Å². The average Bonchev–Trinajstić information content (AvgIpc) is 3.11. The maximum absolute atomic E-state index is 12.8. The fourth-order valence-electron chi connectivity index (χ4n) is 3.43. The molecule has 0 saturated heterocycles. The van der Waals surface area contributed by atoms with E-state index in [4.69, 9.17) is 0 Å². The summed E-state index contributed by atoms with van der Waals surface area (Å²) in [6, 6.07) is 11.9. The summed E-state index contributed by atoms with van der Waals surface area (Å²) in [5, 5.41) is 10.3. The summed E-state index contributed by atoms with van der Waals surface area (Å²) in [4.78, 5) is 29.4. The Hall–Kier alpha value is -3.13. The SMILES string of the molecule is O=C(NCCn1nc(-c2cccs2)n(C2CC2)c1=O)c1c[nH]c2ccccc12. The lowest BCUT2D eigenvalue weighted by Gasteiger charge is -2.04. The number of aromatic nitrogens is 4. The van der Waals surface area contributed by atoms with Gasteiger partial charge in [0.25, 0.3) is 5.91 Å². The van der Waals surface area contributed by atoms with Gasteiger partial charge in [-0.15, -0.1) is 16.4 Å². The highest BCUT2D eigenvalue weighted by Gasteiger charge is 2.30. The number of fused-ring (bicyclic) bond motifs is 1. The van der Waals surface area contributed by atoms with Gasteiger partial charge in [-0.25, -0.2) is 9.48 Å². The first-order chi connectivity index (χ1) is 13.7. The second-order valence-corrected chi connectivity index (χ2v) is 7.86. The van der Waals surface area contributed by atoms with Crippen LogP contribution in [0.5, 0.6) is 0 Å². The summed E-state index contributed by atoms with van der Waals surface area (Å²) in [6.45, 7) is 0.675. The summed E-state index contributed by atoms with van der Waals surface area (Å²) in [5.74, 6) is 0.566. The van der Waals surface area contributed by atoms with E-state index in [0.717, 1.165) is 34.4 Å². The van der Waals surface area contributed by atoms with Crippen LogP contribution in [0.4, 0.5) is 0 Å². The van der Waals surface area contributed by atoms with E-state index < -0.39 is 0 Å². The highest BCUT2D eigenvalue weighted by molar-refractivity contribution is 7.13. The van der Waals surface area contributed by atoms with Crippen LogP contribution in [-0.4, -0.2) is 31.8 Å². The number of H-pyrrole nitrogens is 1. The van der Waals surface area contributed by atoms with E-state index in [-0.39, 0.29) is 17.6 Å². The quantitative estimate of drug-likeness (QED) is 0.528. The zero-order valence-electron chi connectivity index (χ0n) is 15.1. The van der Waals surface area contributed by atoms with E-state index >= 15 is 0 Å². The first-order valence-electron chi connectivity index (χ1n) is 9.30. The Labute approximate surface area is 164 Å². The molecule has 5 rings (SSSR count). The van der Waals surface area contributed by atoms with Gasteiger partial charge in [-0.2, -0.15) is 0 Å². The van der Waals surface area contributed by atoms with Crippen LogP contribution in [0.2, 0.25) is 0 Å². The maximum Gasteiger partial charge on any atom is 0.346 e.